The van der Waals surface area contributed by atoms with Gasteiger partial charge in [0.15, 0.2) is 0 Å². The molecule has 2 N–H and O–H groups in total. The average molecular weight is 332 g/mol. The van der Waals surface area contributed by atoms with Crippen LogP contribution in [0.1, 0.15) is 13.3 Å². The van der Waals surface area contributed by atoms with Crippen molar-refractivity contribution in [3.63, 3.8) is 0 Å². The molecule has 0 bridgehead atoms. The van der Waals surface area contributed by atoms with Crippen LogP contribution in [0.25, 0.3) is 0 Å². The molecule has 0 spiro atoms. The van der Waals surface area contributed by atoms with Crippen molar-refractivity contribution in [1.82, 2.24) is 4.31 Å². The second kappa shape index (κ2) is 8.51. The van der Waals surface area contributed by atoms with Crippen LogP contribution in [-0.4, -0.2) is 50.2 Å². The smallest absolute Gasteiger partial charge is 0.217 e. The summed E-state index contributed by atoms with van der Waals surface area (Å²) >= 11 is 1.65. The Morgan fingerprint density at radius 3 is 2.48 bits per heavy atom. The summed E-state index contributed by atoms with van der Waals surface area (Å²) in [5, 5.41) is 0. The number of rotatable bonds is 9. The molecule has 7 heteroatoms. The zero-order valence-electron chi connectivity index (χ0n) is 12.8. The van der Waals surface area contributed by atoms with Crippen molar-refractivity contribution in [1.29, 1.82) is 0 Å². The van der Waals surface area contributed by atoms with Crippen LogP contribution in [-0.2, 0) is 10.0 Å². The average Bonchev–Trinajstić information content (AvgIpc) is 2.46. The summed E-state index contributed by atoms with van der Waals surface area (Å²) in [6.45, 7) is 2.13. The normalized spacial score (nSPS) is 13.3. The summed E-state index contributed by atoms with van der Waals surface area (Å²) in [6.07, 6.45) is 2.78. The minimum absolute atomic E-state index is 0.0290. The van der Waals surface area contributed by atoms with E-state index in [0.717, 1.165) is 12.2 Å². The van der Waals surface area contributed by atoms with E-state index in [9.17, 15) is 8.42 Å². The van der Waals surface area contributed by atoms with Gasteiger partial charge in [-0.25, -0.2) is 12.7 Å². The predicted molar refractivity (Wildman–Crippen MR) is 90.4 cm³/mol. The first-order chi connectivity index (χ1) is 9.90. The zero-order valence-corrected chi connectivity index (χ0v) is 14.4. The third kappa shape index (κ3) is 5.76. The zero-order chi connectivity index (χ0) is 15.9. The minimum Gasteiger partial charge on any atom is -0.492 e. The van der Waals surface area contributed by atoms with E-state index < -0.39 is 10.0 Å². The van der Waals surface area contributed by atoms with Crippen molar-refractivity contribution in [3.05, 3.63) is 24.3 Å². The Balaban J connectivity index is 2.53. The van der Waals surface area contributed by atoms with Crippen LogP contribution in [0.4, 0.5) is 5.69 Å². The second-order valence-corrected chi connectivity index (χ2v) is 7.83. The highest BCUT2D eigenvalue weighted by Crippen LogP contribution is 2.15. The molecule has 120 valence electrons. The molecule has 1 unspecified atom stereocenters. The number of ether oxygens (including phenoxy) is 1. The van der Waals surface area contributed by atoms with E-state index in [1.165, 1.54) is 4.31 Å². The number of thioether (sulfide) groups is 1. The lowest BCUT2D eigenvalue weighted by Gasteiger charge is -2.26. The quantitative estimate of drug-likeness (QED) is 0.701. The number of hydrogen-bond donors (Lipinski definition) is 1. The number of hydrogen-bond acceptors (Lipinski definition) is 5. The van der Waals surface area contributed by atoms with Crippen molar-refractivity contribution in [2.75, 3.05) is 37.1 Å². The van der Waals surface area contributed by atoms with Crippen molar-refractivity contribution < 1.29 is 13.2 Å². The number of benzene rings is 1. The number of anilines is 1. The Bertz CT molecular complexity index is 518. The van der Waals surface area contributed by atoms with Crippen molar-refractivity contribution in [2.24, 2.45) is 0 Å². The maximum Gasteiger partial charge on any atom is 0.217 e. The van der Waals surface area contributed by atoms with E-state index in [4.69, 9.17) is 10.5 Å². The van der Waals surface area contributed by atoms with Crippen LogP contribution in [0.3, 0.4) is 0 Å². The van der Waals surface area contributed by atoms with Gasteiger partial charge in [-0.2, -0.15) is 11.8 Å². The second-order valence-electron chi connectivity index (χ2n) is 4.77. The Labute approximate surface area is 131 Å². The van der Waals surface area contributed by atoms with Crippen molar-refractivity contribution in [3.8, 4) is 5.75 Å². The minimum atomic E-state index is -3.30. The highest BCUT2D eigenvalue weighted by atomic mass is 32.2. The van der Waals surface area contributed by atoms with Gasteiger partial charge in [-0.3, -0.25) is 0 Å². The summed E-state index contributed by atoms with van der Waals surface area (Å²) in [7, 11) is -1.66. The van der Waals surface area contributed by atoms with E-state index in [2.05, 4.69) is 0 Å². The van der Waals surface area contributed by atoms with Crippen LogP contribution < -0.4 is 10.5 Å². The van der Waals surface area contributed by atoms with E-state index in [1.807, 2.05) is 13.2 Å². The molecule has 0 heterocycles. The van der Waals surface area contributed by atoms with Gasteiger partial charge in [0.2, 0.25) is 10.0 Å². The summed E-state index contributed by atoms with van der Waals surface area (Å²) in [5.41, 5.74) is 6.23. The van der Waals surface area contributed by atoms with Gasteiger partial charge in [0.25, 0.3) is 0 Å². The topological polar surface area (TPSA) is 72.6 Å². The Kier molecular flexibility index (Phi) is 7.34. The lowest BCUT2D eigenvalue weighted by atomic mass is 10.3. The van der Waals surface area contributed by atoms with Crippen LogP contribution in [0.5, 0.6) is 5.75 Å². The first-order valence-corrected chi connectivity index (χ1v) is 9.84. The third-order valence-electron chi connectivity index (χ3n) is 3.27. The molecule has 0 saturated carbocycles. The van der Waals surface area contributed by atoms with Gasteiger partial charge in [-0.1, -0.05) is 6.92 Å². The summed E-state index contributed by atoms with van der Waals surface area (Å²) in [4.78, 5) is 0. The van der Waals surface area contributed by atoms with Crippen LogP contribution >= 0.6 is 11.8 Å². The fourth-order valence-corrected chi connectivity index (χ4v) is 4.07. The van der Waals surface area contributed by atoms with Crippen molar-refractivity contribution >= 4 is 27.5 Å². The molecule has 1 aromatic rings. The number of nitrogens with zero attached hydrogens (tertiary/aromatic N) is 1. The predicted octanol–water partition coefficient (Wildman–Crippen LogP) is 2.05. The fourth-order valence-electron chi connectivity index (χ4n) is 1.87. The van der Waals surface area contributed by atoms with E-state index in [1.54, 1.807) is 43.1 Å². The van der Waals surface area contributed by atoms with E-state index in [-0.39, 0.29) is 18.4 Å². The molecular weight excluding hydrogens is 308 g/mol. The van der Waals surface area contributed by atoms with Crippen molar-refractivity contribution in [2.45, 2.75) is 19.4 Å². The maximum atomic E-state index is 12.3. The molecule has 0 aliphatic heterocycles. The molecule has 1 aromatic carbocycles. The van der Waals surface area contributed by atoms with Crippen LogP contribution in [0.2, 0.25) is 0 Å². The molecule has 0 aliphatic carbocycles. The summed E-state index contributed by atoms with van der Waals surface area (Å²) in [5.74, 6) is 1.39. The Hall–Kier alpha value is -0.920. The molecule has 1 rings (SSSR count). The van der Waals surface area contributed by atoms with Gasteiger partial charge in [-0.05, 0) is 36.9 Å². The number of sulfonamides is 1. The molecule has 0 saturated heterocycles. The first-order valence-electron chi connectivity index (χ1n) is 6.83. The van der Waals surface area contributed by atoms with Gasteiger partial charge in [0.1, 0.15) is 12.4 Å². The standard InChI is InChI=1S/C14H24N2O3S2/c1-4-13(11-20-3)16(2)21(17,18)10-9-19-14-7-5-12(15)6-8-14/h5-8,13H,4,9-11,15H2,1-3H3. The fraction of sp³-hybridized carbons (Fsp3) is 0.571. The third-order valence-corrected chi connectivity index (χ3v) is 5.85. The lowest BCUT2D eigenvalue weighted by molar-refractivity contribution is 0.331. The molecule has 21 heavy (non-hydrogen) atoms. The monoisotopic (exact) mass is 332 g/mol. The number of nitrogens with two attached hydrogens (primary N) is 1. The van der Waals surface area contributed by atoms with Gasteiger partial charge in [0, 0.05) is 24.5 Å². The highest BCUT2D eigenvalue weighted by molar-refractivity contribution is 7.98. The Morgan fingerprint density at radius 1 is 1.33 bits per heavy atom. The summed E-state index contributed by atoms with van der Waals surface area (Å²) in [6, 6.07) is 6.94. The van der Waals surface area contributed by atoms with Gasteiger partial charge >= 0.3 is 0 Å². The molecule has 0 aliphatic rings. The van der Waals surface area contributed by atoms with E-state index in [0.29, 0.717) is 11.4 Å². The molecule has 0 fully saturated rings. The molecular formula is C14H24N2O3S2. The number of nitrogen functional groups attached to an aromatic ring is 1. The van der Waals surface area contributed by atoms with E-state index >= 15 is 0 Å². The van der Waals surface area contributed by atoms with Crippen LogP contribution in [0, 0.1) is 0 Å². The Morgan fingerprint density at radius 2 is 1.95 bits per heavy atom. The van der Waals surface area contributed by atoms with Gasteiger partial charge < -0.3 is 10.5 Å². The molecule has 5 nitrogen and oxygen atoms in total. The lowest BCUT2D eigenvalue weighted by Crippen LogP contribution is -2.40. The summed E-state index contributed by atoms with van der Waals surface area (Å²) < 4.78 is 31.5. The molecule has 0 aromatic heterocycles. The maximum absolute atomic E-state index is 12.3. The van der Waals surface area contributed by atoms with Gasteiger partial charge in [-0.15, -0.1) is 0 Å². The first kappa shape index (κ1) is 18.1. The van der Waals surface area contributed by atoms with Crippen LogP contribution in [0.15, 0.2) is 24.3 Å². The molecule has 1 atom stereocenters. The van der Waals surface area contributed by atoms with Gasteiger partial charge in [0.05, 0.1) is 5.75 Å². The molecule has 0 amide bonds. The SMILES string of the molecule is CCC(CSC)N(C)S(=O)(=O)CCOc1ccc(N)cc1. The largest absolute Gasteiger partial charge is 0.492 e. The molecule has 0 radical (unpaired) electrons. The highest BCUT2D eigenvalue weighted by Gasteiger charge is 2.24.